The molecule has 0 aliphatic heterocycles. The van der Waals surface area contributed by atoms with Crippen molar-refractivity contribution < 1.29 is 0 Å². The van der Waals surface area contributed by atoms with Crippen molar-refractivity contribution >= 4 is 0 Å². The molecule has 4 nitrogen and oxygen atoms in total. The number of aromatic amines is 1. The van der Waals surface area contributed by atoms with Crippen molar-refractivity contribution in [2.24, 2.45) is 0 Å². The Balaban J connectivity index is 2.37. The summed E-state index contributed by atoms with van der Waals surface area (Å²) in [5, 5.41) is 3.41. The Bertz CT molecular complexity index is 436. The van der Waals surface area contributed by atoms with Gasteiger partial charge in [-0.05, 0) is 30.7 Å². The number of nitrogens with zero attached hydrogens (tertiary/aromatic N) is 2. The quantitative estimate of drug-likeness (QED) is 0.819. The van der Waals surface area contributed by atoms with Crippen LogP contribution in [0.3, 0.4) is 0 Å². The standard InChI is InChI=1S/C12H16N4/c1-3-14-11(12-15-6-7-16-12)10-8-13-5-4-9(10)2/h4-8,11,14H,3H2,1-2H3,(H,15,16). The largest absolute Gasteiger partial charge is 0.347 e. The molecule has 0 saturated carbocycles. The molecule has 2 rings (SSSR count). The van der Waals surface area contributed by atoms with E-state index in [0.717, 1.165) is 12.4 Å². The highest BCUT2D eigenvalue weighted by Crippen LogP contribution is 2.20. The van der Waals surface area contributed by atoms with Crippen molar-refractivity contribution in [1.29, 1.82) is 0 Å². The van der Waals surface area contributed by atoms with Crippen molar-refractivity contribution in [2.75, 3.05) is 6.54 Å². The molecule has 4 heteroatoms. The van der Waals surface area contributed by atoms with E-state index in [-0.39, 0.29) is 6.04 Å². The number of rotatable bonds is 4. The van der Waals surface area contributed by atoms with E-state index in [1.807, 2.05) is 24.7 Å². The van der Waals surface area contributed by atoms with Crippen LogP contribution in [0, 0.1) is 6.92 Å². The summed E-state index contributed by atoms with van der Waals surface area (Å²) in [7, 11) is 0. The van der Waals surface area contributed by atoms with Crippen molar-refractivity contribution in [3.05, 3.63) is 47.8 Å². The minimum Gasteiger partial charge on any atom is -0.347 e. The van der Waals surface area contributed by atoms with Crippen LogP contribution in [0.1, 0.15) is 29.9 Å². The number of hydrogen-bond acceptors (Lipinski definition) is 3. The van der Waals surface area contributed by atoms with Crippen molar-refractivity contribution in [3.63, 3.8) is 0 Å². The first-order valence-corrected chi connectivity index (χ1v) is 5.46. The Labute approximate surface area is 95.1 Å². The lowest BCUT2D eigenvalue weighted by molar-refractivity contribution is 0.599. The van der Waals surface area contributed by atoms with E-state index in [1.165, 1.54) is 11.1 Å². The van der Waals surface area contributed by atoms with Gasteiger partial charge in [-0.2, -0.15) is 0 Å². The molecule has 0 amide bonds. The highest BCUT2D eigenvalue weighted by molar-refractivity contribution is 5.29. The summed E-state index contributed by atoms with van der Waals surface area (Å²) in [5.41, 5.74) is 2.39. The molecule has 2 aromatic rings. The van der Waals surface area contributed by atoms with Crippen LogP contribution in [0.15, 0.2) is 30.9 Å². The minimum absolute atomic E-state index is 0.0914. The summed E-state index contributed by atoms with van der Waals surface area (Å²) in [6, 6.07) is 2.11. The van der Waals surface area contributed by atoms with Crippen LogP contribution in [0.25, 0.3) is 0 Å². The van der Waals surface area contributed by atoms with Crippen LogP contribution in [-0.4, -0.2) is 21.5 Å². The molecule has 2 heterocycles. The van der Waals surface area contributed by atoms with Gasteiger partial charge in [0.15, 0.2) is 0 Å². The zero-order valence-electron chi connectivity index (χ0n) is 9.57. The van der Waals surface area contributed by atoms with E-state index in [9.17, 15) is 0 Å². The monoisotopic (exact) mass is 216 g/mol. The molecule has 0 aliphatic carbocycles. The lowest BCUT2D eigenvalue weighted by Crippen LogP contribution is -2.24. The second-order valence-corrected chi connectivity index (χ2v) is 3.70. The fraction of sp³-hybridized carbons (Fsp3) is 0.333. The molecule has 1 unspecified atom stereocenters. The summed E-state index contributed by atoms with van der Waals surface area (Å²) < 4.78 is 0. The Morgan fingerprint density at radius 1 is 1.44 bits per heavy atom. The third-order valence-electron chi connectivity index (χ3n) is 2.59. The third kappa shape index (κ3) is 2.12. The molecule has 0 aromatic carbocycles. The molecule has 0 bridgehead atoms. The van der Waals surface area contributed by atoms with Gasteiger partial charge in [0.2, 0.25) is 0 Å². The number of H-pyrrole nitrogens is 1. The highest BCUT2D eigenvalue weighted by Gasteiger charge is 2.16. The van der Waals surface area contributed by atoms with Crippen LogP contribution in [-0.2, 0) is 0 Å². The number of nitrogens with one attached hydrogen (secondary N) is 2. The van der Waals surface area contributed by atoms with E-state index in [4.69, 9.17) is 0 Å². The summed E-state index contributed by atoms with van der Waals surface area (Å²) in [5.74, 6) is 0.929. The van der Waals surface area contributed by atoms with Gasteiger partial charge in [0.25, 0.3) is 0 Å². The first-order valence-electron chi connectivity index (χ1n) is 5.46. The van der Waals surface area contributed by atoms with Gasteiger partial charge in [0, 0.05) is 24.8 Å². The number of hydrogen-bond donors (Lipinski definition) is 2. The van der Waals surface area contributed by atoms with Gasteiger partial charge < -0.3 is 10.3 Å². The van der Waals surface area contributed by atoms with E-state index < -0.39 is 0 Å². The third-order valence-corrected chi connectivity index (χ3v) is 2.59. The number of imidazole rings is 1. The van der Waals surface area contributed by atoms with Gasteiger partial charge in [-0.1, -0.05) is 6.92 Å². The first kappa shape index (κ1) is 10.8. The molecule has 0 spiro atoms. The Hall–Kier alpha value is -1.68. The fourth-order valence-corrected chi connectivity index (χ4v) is 1.77. The van der Waals surface area contributed by atoms with Gasteiger partial charge >= 0.3 is 0 Å². The zero-order valence-corrected chi connectivity index (χ0v) is 9.57. The van der Waals surface area contributed by atoms with E-state index in [0.29, 0.717) is 0 Å². The molecule has 0 fully saturated rings. The van der Waals surface area contributed by atoms with E-state index >= 15 is 0 Å². The maximum absolute atomic E-state index is 4.31. The van der Waals surface area contributed by atoms with E-state index in [1.54, 1.807) is 6.20 Å². The normalized spacial score (nSPS) is 12.6. The van der Waals surface area contributed by atoms with Crippen LogP contribution in [0.5, 0.6) is 0 Å². The van der Waals surface area contributed by atoms with Crippen molar-refractivity contribution in [1.82, 2.24) is 20.3 Å². The van der Waals surface area contributed by atoms with Crippen LogP contribution in [0.2, 0.25) is 0 Å². The molecule has 0 radical (unpaired) electrons. The van der Waals surface area contributed by atoms with Crippen LogP contribution < -0.4 is 5.32 Å². The Morgan fingerprint density at radius 2 is 2.31 bits per heavy atom. The Kier molecular flexibility index (Phi) is 3.31. The summed E-state index contributed by atoms with van der Waals surface area (Å²) in [6.45, 7) is 5.06. The molecular weight excluding hydrogens is 200 g/mol. The summed E-state index contributed by atoms with van der Waals surface area (Å²) >= 11 is 0. The van der Waals surface area contributed by atoms with Crippen LogP contribution >= 0.6 is 0 Å². The fourth-order valence-electron chi connectivity index (χ4n) is 1.77. The molecule has 84 valence electrons. The predicted molar refractivity (Wildman–Crippen MR) is 63.1 cm³/mol. The molecule has 16 heavy (non-hydrogen) atoms. The number of aryl methyl sites for hydroxylation is 1. The lowest BCUT2D eigenvalue weighted by atomic mass is 10.0. The summed E-state index contributed by atoms with van der Waals surface area (Å²) in [6.07, 6.45) is 7.31. The van der Waals surface area contributed by atoms with Gasteiger partial charge in [-0.25, -0.2) is 4.98 Å². The van der Waals surface area contributed by atoms with Gasteiger partial charge in [0.1, 0.15) is 5.82 Å². The van der Waals surface area contributed by atoms with Crippen molar-refractivity contribution in [3.8, 4) is 0 Å². The molecule has 2 N–H and O–H groups in total. The van der Waals surface area contributed by atoms with Crippen LogP contribution in [0.4, 0.5) is 0 Å². The lowest BCUT2D eigenvalue weighted by Gasteiger charge is -2.17. The molecule has 2 aromatic heterocycles. The SMILES string of the molecule is CCNC(c1ncc[nH]1)c1cnccc1C. The number of aromatic nitrogens is 3. The Morgan fingerprint density at radius 3 is 2.94 bits per heavy atom. The van der Waals surface area contributed by atoms with Gasteiger partial charge in [-0.3, -0.25) is 4.98 Å². The van der Waals surface area contributed by atoms with Gasteiger partial charge in [-0.15, -0.1) is 0 Å². The van der Waals surface area contributed by atoms with Gasteiger partial charge in [0.05, 0.1) is 6.04 Å². The highest BCUT2D eigenvalue weighted by atomic mass is 15.0. The number of pyridine rings is 1. The van der Waals surface area contributed by atoms with Crippen molar-refractivity contribution in [2.45, 2.75) is 19.9 Å². The molecular formula is C12H16N4. The average Bonchev–Trinajstić information content (AvgIpc) is 2.80. The smallest absolute Gasteiger partial charge is 0.127 e. The maximum Gasteiger partial charge on any atom is 0.127 e. The van der Waals surface area contributed by atoms with E-state index in [2.05, 4.69) is 34.1 Å². The molecule has 0 aliphatic rings. The topological polar surface area (TPSA) is 53.6 Å². The first-order chi connectivity index (χ1) is 7.83. The predicted octanol–water partition coefficient (Wildman–Crippen LogP) is 1.81. The maximum atomic E-state index is 4.31. The second-order valence-electron chi connectivity index (χ2n) is 3.70. The molecule has 0 saturated heterocycles. The summed E-state index contributed by atoms with van der Waals surface area (Å²) in [4.78, 5) is 11.6. The minimum atomic E-state index is 0.0914. The average molecular weight is 216 g/mol. The zero-order chi connectivity index (χ0) is 11.4. The molecule has 1 atom stereocenters. The second kappa shape index (κ2) is 4.90.